The van der Waals surface area contributed by atoms with Gasteiger partial charge in [-0.05, 0) is 65.9 Å². The molecule has 4 nitrogen and oxygen atoms in total. The lowest BCUT2D eigenvalue weighted by Gasteiger charge is -2.36. The zero-order chi connectivity index (χ0) is 23.3. The van der Waals surface area contributed by atoms with Gasteiger partial charge in [0.05, 0.1) is 24.5 Å². The number of hydrogen-bond acceptors (Lipinski definition) is 2. The summed E-state index contributed by atoms with van der Waals surface area (Å²) in [7, 11) is 1.68. The molecule has 0 saturated carbocycles. The molecular weight excluding hydrogens is 420 g/mol. The number of carbonyl (C=O) groups excluding carboxylic acids is 1. The first-order valence-electron chi connectivity index (χ1n) is 11.7. The number of amides is 2. The van der Waals surface area contributed by atoms with E-state index in [1.165, 1.54) is 16.7 Å². The minimum atomic E-state index is -0.141. The third-order valence-electron chi connectivity index (χ3n) is 6.57. The summed E-state index contributed by atoms with van der Waals surface area (Å²) >= 11 is 0. The highest BCUT2D eigenvalue weighted by Crippen LogP contribution is 2.41. The van der Waals surface area contributed by atoms with Crippen molar-refractivity contribution < 1.29 is 9.53 Å². The monoisotopic (exact) mass is 448 g/mol. The van der Waals surface area contributed by atoms with E-state index in [0.29, 0.717) is 0 Å². The number of para-hydroxylation sites is 2. The molecule has 4 heteroatoms. The van der Waals surface area contributed by atoms with Gasteiger partial charge in [0, 0.05) is 5.92 Å². The molecule has 0 fully saturated rings. The number of carbonyl (C=O) groups is 1. The molecule has 34 heavy (non-hydrogen) atoms. The van der Waals surface area contributed by atoms with Crippen molar-refractivity contribution in [3.63, 3.8) is 0 Å². The largest absolute Gasteiger partial charge is 0.497 e. The lowest BCUT2D eigenvalue weighted by molar-refractivity contribution is 0.241. The van der Waals surface area contributed by atoms with Gasteiger partial charge in [-0.15, -0.1) is 0 Å². The first kappa shape index (κ1) is 21.8. The van der Waals surface area contributed by atoms with Crippen molar-refractivity contribution in [3.8, 4) is 5.75 Å². The van der Waals surface area contributed by atoms with E-state index < -0.39 is 0 Å². The summed E-state index contributed by atoms with van der Waals surface area (Å²) in [5.41, 5.74) is 5.34. The van der Waals surface area contributed by atoms with Crippen LogP contribution in [-0.2, 0) is 6.42 Å². The standard InChI is InChI=1S/C30H28N2O2/c1-34-26-19-16-23(17-20-26)28-21-18-22-10-8-9-15-27(22)29(28)31-30(33)32(24-11-4-2-5-12-24)25-13-6-3-7-14-25/h2-17,19-20,28-29H,18,21H2,1H3,(H,31,33). The zero-order valence-electron chi connectivity index (χ0n) is 19.2. The van der Waals surface area contributed by atoms with Crippen LogP contribution in [0.2, 0.25) is 0 Å². The maximum atomic E-state index is 13.9. The first-order valence-corrected chi connectivity index (χ1v) is 11.7. The van der Waals surface area contributed by atoms with Crippen LogP contribution in [0.25, 0.3) is 0 Å². The smallest absolute Gasteiger partial charge is 0.327 e. The van der Waals surface area contributed by atoms with Gasteiger partial charge in [0.2, 0.25) is 0 Å². The van der Waals surface area contributed by atoms with Crippen LogP contribution in [0.15, 0.2) is 109 Å². The Bertz CT molecular complexity index is 1200. The van der Waals surface area contributed by atoms with Crippen LogP contribution in [0.4, 0.5) is 16.2 Å². The Morgan fingerprint density at radius 2 is 1.38 bits per heavy atom. The molecule has 1 aliphatic carbocycles. The fourth-order valence-electron chi connectivity index (χ4n) is 4.88. The highest BCUT2D eigenvalue weighted by Gasteiger charge is 2.33. The van der Waals surface area contributed by atoms with E-state index in [0.717, 1.165) is 30.0 Å². The van der Waals surface area contributed by atoms with Crippen LogP contribution in [-0.4, -0.2) is 13.1 Å². The molecule has 2 unspecified atom stereocenters. The predicted octanol–water partition coefficient (Wildman–Crippen LogP) is 7.01. The van der Waals surface area contributed by atoms with Crippen molar-refractivity contribution in [1.29, 1.82) is 0 Å². The maximum absolute atomic E-state index is 13.9. The topological polar surface area (TPSA) is 41.6 Å². The van der Waals surface area contributed by atoms with Gasteiger partial charge in [-0.2, -0.15) is 0 Å². The molecular formula is C30H28N2O2. The SMILES string of the molecule is COc1ccc(C2CCc3ccccc3C2NC(=O)N(c2ccccc2)c2ccccc2)cc1. The molecule has 0 spiro atoms. The molecule has 0 aromatic heterocycles. The first-order chi connectivity index (χ1) is 16.7. The van der Waals surface area contributed by atoms with Crippen molar-refractivity contribution in [1.82, 2.24) is 5.32 Å². The van der Waals surface area contributed by atoms with Crippen LogP contribution >= 0.6 is 0 Å². The van der Waals surface area contributed by atoms with E-state index in [2.05, 4.69) is 41.7 Å². The van der Waals surface area contributed by atoms with E-state index in [1.54, 1.807) is 12.0 Å². The molecule has 0 aliphatic heterocycles. The van der Waals surface area contributed by atoms with E-state index >= 15 is 0 Å². The molecule has 1 N–H and O–H groups in total. The Balaban J connectivity index is 1.52. The van der Waals surface area contributed by atoms with E-state index in [-0.39, 0.29) is 18.0 Å². The summed E-state index contributed by atoms with van der Waals surface area (Å²) in [6.07, 6.45) is 1.95. The summed E-state index contributed by atoms with van der Waals surface area (Å²) in [5, 5.41) is 3.41. The van der Waals surface area contributed by atoms with Crippen molar-refractivity contribution in [2.24, 2.45) is 0 Å². The van der Waals surface area contributed by atoms with Crippen LogP contribution in [0, 0.1) is 0 Å². The molecule has 2 amide bonds. The number of rotatable bonds is 5. The van der Waals surface area contributed by atoms with Gasteiger partial charge >= 0.3 is 6.03 Å². The molecule has 2 atom stereocenters. The quantitative estimate of drug-likeness (QED) is 0.357. The van der Waals surface area contributed by atoms with Gasteiger partial charge in [0.15, 0.2) is 0 Å². The molecule has 170 valence electrons. The van der Waals surface area contributed by atoms with Gasteiger partial charge in [-0.1, -0.05) is 72.8 Å². The Hall–Kier alpha value is -4.05. The number of nitrogens with one attached hydrogen (secondary N) is 1. The number of aryl methyl sites for hydroxylation is 1. The third-order valence-corrected chi connectivity index (χ3v) is 6.57. The van der Waals surface area contributed by atoms with E-state index in [4.69, 9.17) is 4.74 Å². The second kappa shape index (κ2) is 9.84. The molecule has 5 rings (SSSR count). The Morgan fingerprint density at radius 3 is 2.00 bits per heavy atom. The minimum Gasteiger partial charge on any atom is -0.497 e. The zero-order valence-corrected chi connectivity index (χ0v) is 19.2. The average molecular weight is 449 g/mol. The van der Waals surface area contributed by atoms with Gasteiger partial charge in [-0.25, -0.2) is 4.79 Å². The van der Waals surface area contributed by atoms with Crippen molar-refractivity contribution >= 4 is 17.4 Å². The van der Waals surface area contributed by atoms with Crippen LogP contribution in [0.5, 0.6) is 5.75 Å². The summed E-state index contributed by atoms with van der Waals surface area (Å²) in [6, 6.07) is 36.0. The fraction of sp³-hybridized carbons (Fsp3) is 0.167. The third kappa shape index (κ3) is 4.40. The molecule has 4 aromatic rings. The van der Waals surface area contributed by atoms with E-state index in [1.807, 2.05) is 72.8 Å². The Morgan fingerprint density at radius 1 is 0.794 bits per heavy atom. The summed E-state index contributed by atoms with van der Waals surface area (Å²) in [6.45, 7) is 0. The molecule has 4 aromatic carbocycles. The van der Waals surface area contributed by atoms with Crippen LogP contribution in [0.1, 0.15) is 35.1 Å². The van der Waals surface area contributed by atoms with Gasteiger partial charge in [0.25, 0.3) is 0 Å². The second-order valence-electron chi connectivity index (χ2n) is 8.55. The van der Waals surface area contributed by atoms with Gasteiger partial charge < -0.3 is 10.1 Å². The second-order valence-corrected chi connectivity index (χ2v) is 8.55. The summed E-state index contributed by atoms with van der Waals surface area (Å²) < 4.78 is 5.36. The van der Waals surface area contributed by atoms with Crippen molar-refractivity contribution in [2.75, 3.05) is 12.0 Å². The lowest BCUT2D eigenvalue weighted by atomic mass is 9.76. The number of fused-ring (bicyclic) bond motifs is 1. The van der Waals surface area contributed by atoms with Gasteiger partial charge in [0.1, 0.15) is 5.75 Å². The van der Waals surface area contributed by atoms with Crippen molar-refractivity contribution in [3.05, 3.63) is 126 Å². The van der Waals surface area contributed by atoms with Gasteiger partial charge in [-0.3, -0.25) is 4.90 Å². The number of ether oxygens (including phenoxy) is 1. The Labute approximate surface area is 200 Å². The highest BCUT2D eigenvalue weighted by molar-refractivity contribution is 5.99. The number of methoxy groups -OCH3 is 1. The number of anilines is 2. The average Bonchev–Trinajstić information content (AvgIpc) is 2.90. The lowest BCUT2D eigenvalue weighted by Crippen LogP contribution is -2.42. The normalized spacial score (nSPS) is 16.9. The van der Waals surface area contributed by atoms with Crippen molar-refractivity contribution in [2.45, 2.75) is 24.8 Å². The maximum Gasteiger partial charge on any atom is 0.327 e. The number of nitrogens with zero attached hydrogens (tertiary/aromatic N) is 1. The Kier molecular flexibility index (Phi) is 6.30. The number of hydrogen-bond donors (Lipinski definition) is 1. The minimum absolute atomic E-state index is 0.138. The number of benzene rings is 4. The highest BCUT2D eigenvalue weighted by atomic mass is 16.5. The molecule has 0 heterocycles. The van der Waals surface area contributed by atoms with Crippen LogP contribution < -0.4 is 15.0 Å². The molecule has 1 aliphatic rings. The summed E-state index contributed by atoms with van der Waals surface area (Å²) in [5.74, 6) is 0.998. The number of urea groups is 1. The summed E-state index contributed by atoms with van der Waals surface area (Å²) in [4.78, 5) is 15.6. The van der Waals surface area contributed by atoms with Crippen LogP contribution in [0.3, 0.4) is 0 Å². The predicted molar refractivity (Wildman–Crippen MR) is 137 cm³/mol. The fourth-order valence-corrected chi connectivity index (χ4v) is 4.88. The molecule has 0 radical (unpaired) electrons. The molecule has 0 bridgehead atoms. The van der Waals surface area contributed by atoms with E-state index in [9.17, 15) is 4.79 Å². The molecule has 0 saturated heterocycles.